The molecule has 0 aliphatic carbocycles. The van der Waals surface area contributed by atoms with Crippen LogP contribution in [-0.4, -0.2) is 46.4 Å². The maximum atomic E-state index is 4.70. The van der Waals surface area contributed by atoms with Crippen LogP contribution in [0.2, 0.25) is 0 Å². The minimum Gasteiger partial charge on any atom is -0.412 e. The van der Waals surface area contributed by atoms with Crippen LogP contribution in [0.3, 0.4) is 0 Å². The van der Waals surface area contributed by atoms with Gasteiger partial charge >= 0.3 is 37.7 Å². The molecule has 0 unspecified atom stereocenters. The first-order valence-corrected chi connectivity index (χ1v) is 8.19. The first kappa shape index (κ1) is 22.9. The van der Waals surface area contributed by atoms with E-state index < -0.39 is 0 Å². The SMILES string of the molecule is S=C([S-])NCc1ccccc1.S=C([S-])NCc1ccccc1.[Ca+2]. The largest absolute Gasteiger partial charge is 2.00 e. The number of rotatable bonds is 4. The Balaban J connectivity index is 0.000000403. The number of hydrogen-bond donors (Lipinski definition) is 2. The van der Waals surface area contributed by atoms with Crippen LogP contribution in [0.25, 0.3) is 0 Å². The summed E-state index contributed by atoms with van der Waals surface area (Å²) in [6, 6.07) is 20.0. The number of hydrogen-bond acceptors (Lipinski definition) is 4. The molecule has 2 aromatic carbocycles. The molecule has 0 saturated carbocycles. The average Bonchev–Trinajstić information content (AvgIpc) is 2.53. The summed E-state index contributed by atoms with van der Waals surface area (Å²) in [6.45, 7) is 1.45. The summed E-state index contributed by atoms with van der Waals surface area (Å²) in [6.07, 6.45) is 0. The number of benzene rings is 2. The zero-order valence-corrected chi connectivity index (χ0v) is 18.0. The molecular formula is C16H16CaN2S4. The Bertz CT molecular complexity index is 526. The maximum Gasteiger partial charge on any atom is 2.00 e. The van der Waals surface area contributed by atoms with E-state index in [0.29, 0.717) is 8.64 Å². The Morgan fingerprint density at radius 2 is 1.00 bits per heavy atom. The van der Waals surface area contributed by atoms with Crippen molar-refractivity contribution in [1.29, 1.82) is 0 Å². The summed E-state index contributed by atoms with van der Waals surface area (Å²) in [7, 11) is 0. The van der Waals surface area contributed by atoms with Crippen molar-refractivity contribution in [3.05, 3.63) is 71.8 Å². The van der Waals surface area contributed by atoms with Gasteiger partial charge in [-0.3, -0.25) is 0 Å². The fourth-order valence-corrected chi connectivity index (χ4v) is 1.83. The van der Waals surface area contributed by atoms with E-state index in [1.165, 1.54) is 11.1 Å². The van der Waals surface area contributed by atoms with Crippen molar-refractivity contribution < 1.29 is 0 Å². The molecule has 23 heavy (non-hydrogen) atoms. The molecule has 0 radical (unpaired) electrons. The first-order valence-electron chi connectivity index (χ1n) is 6.55. The van der Waals surface area contributed by atoms with Crippen molar-refractivity contribution in [2.75, 3.05) is 0 Å². The summed E-state index contributed by atoms with van der Waals surface area (Å²) >= 11 is 18.8. The van der Waals surface area contributed by atoms with Gasteiger partial charge in [0.2, 0.25) is 0 Å². The molecule has 2 rings (SSSR count). The molecule has 0 heterocycles. The molecule has 2 nitrogen and oxygen atoms in total. The van der Waals surface area contributed by atoms with Gasteiger partial charge in [-0.05, 0) is 11.1 Å². The van der Waals surface area contributed by atoms with Gasteiger partial charge in [-0.15, -0.1) is 0 Å². The van der Waals surface area contributed by atoms with Crippen molar-refractivity contribution in [3.8, 4) is 0 Å². The predicted octanol–water partition coefficient (Wildman–Crippen LogP) is 2.84. The van der Waals surface area contributed by atoms with Gasteiger partial charge in [0.15, 0.2) is 0 Å². The van der Waals surface area contributed by atoms with Crippen LogP contribution >= 0.6 is 24.4 Å². The second-order valence-corrected chi connectivity index (χ2v) is 6.40. The van der Waals surface area contributed by atoms with Gasteiger partial charge in [0, 0.05) is 13.1 Å². The summed E-state index contributed by atoms with van der Waals surface area (Å²) < 4.78 is 0.850. The zero-order chi connectivity index (χ0) is 16.2. The number of nitrogens with one attached hydrogen (secondary N) is 2. The van der Waals surface area contributed by atoms with Crippen LogP contribution in [0.15, 0.2) is 60.7 Å². The maximum absolute atomic E-state index is 4.70. The van der Waals surface area contributed by atoms with Crippen molar-refractivity contribution in [1.82, 2.24) is 10.6 Å². The van der Waals surface area contributed by atoms with E-state index in [-0.39, 0.29) is 37.7 Å². The minimum absolute atomic E-state index is 0. The van der Waals surface area contributed by atoms with E-state index >= 15 is 0 Å². The molecule has 0 aliphatic heterocycles. The first-order chi connectivity index (χ1) is 10.6. The number of thiocarbonyl (C=S) groups is 2. The Hall–Kier alpha value is -0.0803. The van der Waals surface area contributed by atoms with Gasteiger partial charge in [-0.2, -0.15) is 0 Å². The summed E-state index contributed by atoms with van der Waals surface area (Å²) in [5.74, 6) is 0. The van der Waals surface area contributed by atoms with Gasteiger partial charge in [0.05, 0.1) is 0 Å². The standard InChI is InChI=1S/2C8H9NS2.Ca/c2*10-8(11)9-6-7-4-2-1-3-5-7;/h2*1-5H,6H2,(H2,9,10,11);/q;;+2/p-2. The van der Waals surface area contributed by atoms with Crippen LogP contribution in [0.5, 0.6) is 0 Å². The fraction of sp³-hybridized carbons (Fsp3) is 0.125. The Kier molecular flexibility index (Phi) is 14.2. The van der Waals surface area contributed by atoms with Crippen LogP contribution < -0.4 is 10.6 Å². The second-order valence-electron chi connectivity index (χ2n) is 4.25. The van der Waals surface area contributed by atoms with E-state index in [1.54, 1.807) is 0 Å². The summed E-state index contributed by atoms with van der Waals surface area (Å²) in [5, 5.41) is 5.82. The molecule has 0 bridgehead atoms. The quantitative estimate of drug-likeness (QED) is 0.462. The minimum atomic E-state index is 0. The van der Waals surface area contributed by atoms with Gasteiger partial charge in [0.25, 0.3) is 0 Å². The molecule has 116 valence electrons. The van der Waals surface area contributed by atoms with Gasteiger partial charge in [0.1, 0.15) is 0 Å². The van der Waals surface area contributed by atoms with E-state index in [4.69, 9.17) is 49.7 Å². The third kappa shape index (κ3) is 12.9. The second kappa shape index (κ2) is 14.3. The smallest absolute Gasteiger partial charge is 0.412 e. The van der Waals surface area contributed by atoms with E-state index in [1.807, 2.05) is 60.7 Å². The fourth-order valence-electron chi connectivity index (χ4n) is 1.54. The third-order valence-corrected chi connectivity index (χ3v) is 3.14. The van der Waals surface area contributed by atoms with Crippen LogP contribution in [0, 0.1) is 0 Å². The summed E-state index contributed by atoms with van der Waals surface area (Å²) in [4.78, 5) is 0. The van der Waals surface area contributed by atoms with E-state index in [2.05, 4.69) is 10.6 Å². The normalized spacial score (nSPS) is 8.70. The van der Waals surface area contributed by atoms with Crippen molar-refractivity contribution in [2.24, 2.45) is 0 Å². The van der Waals surface area contributed by atoms with Crippen LogP contribution in [0.4, 0.5) is 0 Å². The Morgan fingerprint density at radius 1 is 0.696 bits per heavy atom. The Labute approximate surface area is 189 Å². The molecule has 0 atom stereocenters. The monoisotopic (exact) mass is 404 g/mol. The molecule has 0 aromatic heterocycles. The molecule has 0 spiro atoms. The van der Waals surface area contributed by atoms with Crippen molar-refractivity contribution >= 4 is 96.1 Å². The molecule has 2 N–H and O–H groups in total. The molecular weight excluding hydrogens is 389 g/mol. The van der Waals surface area contributed by atoms with Crippen LogP contribution in [0.1, 0.15) is 11.1 Å². The molecule has 7 heteroatoms. The molecule has 2 aromatic rings. The molecule has 0 fully saturated rings. The van der Waals surface area contributed by atoms with E-state index in [9.17, 15) is 0 Å². The van der Waals surface area contributed by atoms with E-state index in [0.717, 1.165) is 13.1 Å². The van der Waals surface area contributed by atoms with Gasteiger partial charge in [-0.25, -0.2) is 0 Å². The van der Waals surface area contributed by atoms with Crippen molar-refractivity contribution in [2.45, 2.75) is 13.1 Å². The molecule has 0 saturated heterocycles. The molecule has 0 amide bonds. The third-order valence-electron chi connectivity index (χ3n) is 2.56. The predicted molar refractivity (Wildman–Crippen MR) is 112 cm³/mol. The van der Waals surface area contributed by atoms with Gasteiger partial charge < -0.3 is 60.3 Å². The Morgan fingerprint density at radius 3 is 1.26 bits per heavy atom. The summed E-state index contributed by atoms with van der Waals surface area (Å²) in [5.41, 5.74) is 2.39. The zero-order valence-electron chi connectivity index (χ0n) is 12.5. The van der Waals surface area contributed by atoms with Crippen molar-refractivity contribution in [3.63, 3.8) is 0 Å². The average molecular weight is 405 g/mol. The molecule has 0 aliphatic rings. The van der Waals surface area contributed by atoms with Crippen LogP contribution in [-0.2, 0) is 38.3 Å². The van der Waals surface area contributed by atoms with Gasteiger partial charge in [-0.1, -0.05) is 69.3 Å². The topological polar surface area (TPSA) is 24.1 Å².